The van der Waals surface area contributed by atoms with E-state index in [1.54, 1.807) is 11.7 Å². The molecule has 0 saturated carbocycles. The minimum atomic E-state index is -0.296. The molecule has 1 atom stereocenters. The fourth-order valence-electron chi connectivity index (χ4n) is 1.95. The molecule has 86 valence electrons. The van der Waals surface area contributed by atoms with Gasteiger partial charge in [0, 0.05) is 20.0 Å². The molecule has 0 aliphatic carbocycles. The van der Waals surface area contributed by atoms with Gasteiger partial charge in [-0.25, -0.2) is 0 Å². The zero-order valence-electron chi connectivity index (χ0n) is 9.06. The minimum Gasteiger partial charge on any atom is -0.325 e. The maximum atomic E-state index is 11.7. The first-order valence-corrected chi connectivity index (χ1v) is 5.18. The largest absolute Gasteiger partial charge is 0.325 e. The van der Waals surface area contributed by atoms with Crippen molar-refractivity contribution in [2.75, 3.05) is 0 Å². The summed E-state index contributed by atoms with van der Waals surface area (Å²) < 4.78 is 1.65. The molecule has 1 unspecified atom stereocenters. The molecule has 2 amide bonds. The minimum absolute atomic E-state index is 0.206. The summed E-state index contributed by atoms with van der Waals surface area (Å²) in [6.07, 6.45) is 0.910. The van der Waals surface area contributed by atoms with Crippen LogP contribution in [0.5, 0.6) is 0 Å². The standard InChI is InChI=1S/C10H14N4O2/c1-14-8(4-6(5-11)13-14)7-2-3-9(15)12-10(7)16/h4,7H,2-3,5,11H2,1H3,(H,12,15,16). The smallest absolute Gasteiger partial charge is 0.235 e. The Morgan fingerprint density at radius 3 is 2.94 bits per heavy atom. The van der Waals surface area contributed by atoms with E-state index < -0.39 is 0 Å². The molecule has 2 heterocycles. The van der Waals surface area contributed by atoms with Crippen LogP contribution < -0.4 is 11.1 Å². The van der Waals surface area contributed by atoms with Crippen LogP contribution in [0.15, 0.2) is 6.07 Å². The van der Waals surface area contributed by atoms with Crippen LogP contribution in [0, 0.1) is 0 Å². The van der Waals surface area contributed by atoms with E-state index in [9.17, 15) is 9.59 Å². The number of hydrogen-bond donors (Lipinski definition) is 2. The number of aromatic nitrogens is 2. The summed E-state index contributed by atoms with van der Waals surface area (Å²) in [5, 5.41) is 6.52. The number of aryl methyl sites for hydroxylation is 1. The predicted molar refractivity (Wildman–Crippen MR) is 56.2 cm³/mol. The van der Waals surface area contributed by atoms with Crippen LogP contribution in [-0.2, 0) is 23.2 Å². The van der Waals surface area contributed by atoms with Crippen molar-refractivity contribution in [1.29, 1.82) is 0 Å². The third kappa shape index (κ3) is 1.83. The Kier molecular flexibility index (Phi) is 2.74. The van der Waals surface area contributed by atoms with Crippen LogP contribution in [-0.4, -0.2) is 21.6 Å². The average molecular weight is 222 g/mol. The normalized spacial score (nSPS) is 21.0. The summed E-state index contributed by atoms with van der Waals surface area (Å²) in [7, 11) is 1.78. The van der Waals surface area contributed by atoms with Crippen molar-refractivity contribution in [3.05, 3.63) is 17.5 Å². The Hall–Kier alpha value is -1.69. The highest BCUT2D eigenvalue weighted by Crippen LogP contribution is 2.24. The first-order valence-electron chi connectivity index (χ1n) is 5.18. The Balaban J connectivity index is 2.26. The van der Waals surface area contributed by atoms with Crippen molar-refractivity contribution in [2.24, 2.45) is 12.8 Å². The lowest BCUT2D eigenvalue weighted by Gasteiger charge is -2.20. The van der Waals surface area contributed by atoms with Crippen LogP contribution in [0.25, 0.3) is 0 Å². The SMILES string of the molecule is Cn1nc(CN)cc1C1CCC(=O)NC1=O. The molecule has 1 saturated heterocycles. The summed E-state index contributed by atoms with van der Waals surface area (Å²) in [6, 6.07) is 1.82. The summed E-state index contributed by atoms with van der Waals surface area (Å²) in [5.74, 6) is -0.749. The van der Waals surface area contributed by atoms with E-state index in [-0.39, 0.29) is 17.7 Å². The number of carbonyl (C=O) groups excluding carboxylic acids is 2. The molecule has 16 heavy (non-hydrogen) atoms. The van der Waals surface area contributed by atoms with Gasteiger partial charge in [0.05, 0.1) is 17.3 Å². The first kappa shape index (κ1) is 10.8. The lowest BCUT2D eigenvalue weighted by Crippen LogP contribution is -2.40. The third-order valence-electron chi connectivity index (χ3n) is 2.77. The summed E-state index contributed by atoms with van der Waals surface area (Å²) >= 11 is 0. The molecular formula is C10H14N4O2. The van der Waals surface area contributed by atoms with E-state index in [0.29, 0.717) is 19.4 Å². The number of piperidine rings is 1. The van der Waals surface area contributed by atoms with Gasteiger partial charge in [0.25, 0.3) is 0 Å². The van der Waals surface area contributed by atoms with Gasteiger partial charge in [-0.3, -0.25) is 19.6 Å². The number of nitrogens with one attached hydrogen (secondary N) is 1. The highest BCUT2D eigenvalue weighted by molar-refractivity contribution is 6.00. The number of nitrogens with zero attached hydrogens (tertiary/aromatic N) is 2. The van der Waals surface area contributed by atoms with E-state index in [1.807, 2.05) is 6.07 Å². The fourth-order valence-corrected chi connectivity index (χ4v) is 1.95. The summed E-state index contributed by atoms with van der Waals surface area (Å²) in [6.45, 7) is 0.348. The molecule has 0 radical (unpaired) electrons. The van der Waals surface area contributed by atoms with Gasteiger partial charge in [0.1, 0.15) is 0 Å². The Labute approximate surface area is 92.8 Å². The van der Waals surface area contributed by atoms with Gasteiger partial charge in [-0.2, -0.15) is 5.10 Å². The van der Waals surface area contributed by atoms with Crippen molar-refractivity contribution >= 4 is 11.8 Å². The number of carbonyl (C=O) groups is 2. The number of amides is 2. The topological polar surface area (TPSA) is 90.0 Å². The maximum absolute atomic E-state index is 11.7. The molecule has 1 aliphatic rings. The van der Waals surface area contributed by atoms with Crippen LogP contribution in [0.4, 0.5) is 0 Å². The number of rotatable bonds is 2. The van der Waals surface area contributed by atoms with Crippen molar-refractivity contribution in [3.63, 3.8) is 0 Å². The highest BCUT2D eigenvalue weighted by Gasteiger charge is 2.30. The van der Waals surface area contributed by atoms with Crippen LogP contribution in [0.1, 0.15) is 30.1 Å². The zero-order valence-corrected chi connectivity index (χ0v) is 9.06. The Bertz CT molecular complexity index is 438. The van der Waals surface area contributed by atoms with E-state index in [4.69, 9.17) is 5.73 Å². The molecule has 1 fully saturated rings. The quantitative estimate of drug-likeness (QED) is 0.654. The number of hydrogen-bond acceptors (Lipinski definition) is 4. The number of imide groups is 1. The van der Waals surface area contributed by atoms with Gasteiger partial charge >= 0.3 is 0 Å². The van der Waals surface area contributed by atoms with Gasteiger partial charge in [-0.15, -0.1) is 0 Å². The lowest BCUT2D eigenvalue weighted by atomic mass is 9.94. The van der Waals surface area contributed by atoms with Crippen LogP contribution in [0.2, 0.25) is 0 Å². The molecule has 1 aromatic rings. The van der Waals surface area contributed by atoms with Gasteiger partial charge in [0.2, 0.25) is 11.8 Å². The van der Waals surface area contributed by atoms with E-state index in [1.165, 1.54) is 0 Å². The Morgan fingerprint density at radius 2 is 2.38 bits per heavy atom. The average Bonchev–Trinajstić information content (AvgIpc) is 2.60. The molecular weight excluding hydrogens is 208 g/mol. The highest BCUT2D eigenvalue weighted by atomic mass is 16.2. The summed E-state index contributed by atoms with van der Waals surface area (Å²) in [4.78, 5) is 22.7. The first-order chi connectivity index (χ1) is 7.61. The maximum Gasteiger partial charge on any atom is 0.235 e. The molecule has 1 aliphatic heterocycles. The second-order valence-corrected chi connectivity index (χ2v) is 3.89. The van der Waals surface area contributed by atoms with Crippen LogP contribution in [0.3, 0.4) is 0 Å². The molecule has 0 bridgehead atoms. The van der Waals surface area contributed by atoms with Crippen LogP contribution >= 0.6 is 0 Å². The molecule has 0 spiro atoms. The molecule has 0 aromatic carbocycles. The van der Waals surface area contributed by atoms with E-state index >= 15 is 0 Å². The molecule has 6 nitrogen and oxygen atoms in total. The molecule has 6 heteroatoms. The van der Waals surface area contributed by atoms with E-state index in [2.05, 4.69) is 10.4 Å². The van der Waals surface area contributed by atoms with Crippen molar-refractivity contribution in [1.82, 2.24) is 15.1 Å². The Morgan fingerprint density at radius 1 is 1.62 bits per heavy atom. The van der Waals surface area contributed by atoms with Gasteiger partial charge in [0.15, 0.2) is 0 Å². The van der Waals surface area contributed by atoms with Gasteiger partial charge < -0.3 is 5.73 Å². The number of nitrogens with two attached hydrogens (primary N) is 1. The second kappa shape index (κ2) is 4.05. The second-order valence-electron chi connectivity index (χ2n) is 3.89. The molecule has 3 N–H and O–H groups in total. The molecule has 1 aromatic heterocycles. The lowest BCUT2D eigenvalue weighted by molar-refractivity contribution is -0.134. The van der Waals surface area contributed by atoms with Crippen molar-refractivity contribution in [3.8, 4) is 0 Å². The zero-order chi connectivity index (χ0) is 11.7. The fraction of sp³-hybridized carbons (Fsp3) is 0.500. The van der Waals surface area contributed by atoms with Gasteiger partial charge in [-0.05, 0) is 12.5 Å². The predicted octanol–water partition coefficient (Wildman–Crippen LogP) is -0.601. The van der Waals surface area contributed by atoms with Gasteiger partial charge in [-0.1, -0.05) is 0 Å². The molecule has 2 rings (SSSR count). The van der Waals surface area contributed by atoms with E-state index in [0.717, 1.165) is 11.4 Å². The van der Waals surface area contributed by atoms with Crippen molar-refractivity contribution in [2.45, 2.75) is 25.3 Å². The summed E-state index contributed by atoms with van der Waals surface area (Å²) in [5.41, 5.74) is 7.05. The monoisotopic (exact) mass is 222 g/mol. The third-order valence-corrected chi connectivity index (χ3v) is 2.77. The van der Waals surface area contributed by atoms with Crippen molar-refractivity contribution < 1.29 is 9.59 Å².